The van der Waals surface area contributed by atoms with E-state index in [1.807, 2.05) is 0 Å². The van der Waals surface area contributed by atoms with E-state index in [4.69, 9.17) is 14.3 Å². The predicted molar refractivity (Wildman–Crippen MR) is 145 cm³/mol. The lowest BCUT2D eigenvalue weighted by molar-refractivity contribution is -0.0686. The molecule has 1 aliphatic heterocycles. The van der Waals surface area contributed by atoms with Gasteiger partial charge in [0.05, 0.1) is 5.60 Å². The Morgan fingerprint density at radius 1 is 1.00 bits per heavy atom. The summed E-state index contributed by atoms with van der Waals surface area (Å²) in [7, 11) is -2.52. The summed E-state index contributed by atoms with van der Waals surface area (Å²) >= 11 is 0. The molecule has 0 saturated carbocycles. The largest absolute Gasteiger partial charge is 0.465 e. The Kier molecular flexibility index (Phi) is 9.19. The summed E-state index contributed by atoms with van der Waals surface area (Å²) in [6.07, 6.45) is 3.82. The smallest absolute Gasteiger partial charge is 0.407 e. The number of hydrogen-bond acceptors (Lipinski definition) is 3. The van der Waals surface area contributed by atoms with Crippen LogP contribution in [0, 0.1) is 0 Å². The van der Waals surface area contributed by atoms with Crippen LogP contribution in [0.4, 0.5) is 4.79 Å². The molecule has 1 heterocycles. The van der Waals surface area contributed by atoms with Crippen LogP contribution in [0.5, 0.6) is 0 Å². The fourth-order valence-corrected chi connectivity index (χ4v) is 9.96. The molecule has 1 fully saturated rings. The first-order valence-corrected chi connectivity index (χ1v) is 14.9. The van der Waals surface area contributed by atoms with Crippen molar-refractivity contribution in [2.75, 3.05) is 19.7 Å². The lowest BCUT2D eigenvalue weighted by Gasteiger charge is -2.44. The van der Waals surface area contributed by atoms with Crippen molar-refractivity contribution in [1.82, 2.24) is 4.90 Å². The number of benzene rings is 2. The Balaban J connectivity index is 1.60. The summed E-state index contributed by atoms with van der Waals surface area (Å²) in [6.45, 7) is 13.1. The van der Waals surface area contributed by atoms with E-state index in [2.05, 4.69) is 95.3 Å². The van der Waals surface area contributed by atoms with Gasteiger partial charge in [0.25, 0.3) is 8.32 Å². The van der Waals surface area contributed by atoms with Crippen molar-refractivity contribution >= 4 is 24.8 Å². The van der Waals surface area contributed by atoms with Crippen LogP contribution >= 0.6 is 0 Å². The van der Waals surface area contributed by atoms with Gasteiger partial charge in [-0.05, 0) is 61.4 Å². The molecule has 3 rings (SSSR count). The molecule has 1 atom stereocenters. The minimum Gasteiger partial charge on any atom is -0.465 e. The minimum absolute atomic E-state index is 0.0213. The number of hydrogen-bond donors (Lipinski definition) is 1. The third kappa shape index (κ3) is 6.75. The second kappa shape index (κ2) is 11.7. The Bertz CT molecular complexity index is 881. The number of likely N-dealkylation sites (tertiary alicyclic amines) is 1. The number of carbonyl (C=O) groups is 1. The summed E-state index contributed by atoms with van der Waals surface area (Å²) in [6, 6.07) is 21.6. The Morgan fingerprint density at radius 2 is 1.51 bits per heavy atom. The number of amides is 1. The van der Waals surface area contributed by atoms with Gasteiger partial charge in [0.1, 0.15) is 0 Å². The van der Waals surface area contributed by atoms with Crippen LogP contribution in [0.15, 0.2) is 60.7 Å². The SMILES string of the molecule is CC(CCCCOC1(C)CCN(C(=O)O)CC1)O[Si](c1ccccc1)(c1ccccc1)C(C)(C)C. The summed E-state index contributed by atoms with van der Waals surface area (Å²) in [5.74, 6) is 0. The number of rotatable bonds is 10. The average molecular weight is 498 g/mol. The Morgan fingerprint density at radius 3 is 1.97 bits per heavy atom. The molecule has 5 nitrogen and oxygen atoms in total. The van der Waals surface area contributed by atoms with Crippen molar-refractivity contribution < 1.29 is 19.1 Å². The van der Waals surface area contributed by atoms with Crippen LogP contribution in [0.2, 0.25) is 5.04 Å². The number of unbranched alkanes of at least 4 members (excludes halogenated alkanes) is 1. The molecule has 0 radical (unpaired) electrons. The molecule has 0 aliphatic carbocycles. The Hall–Kier alpha value is -2.15. The first kappa shape index (κ1) is 27.4. The number of piperidine rings is 1. The van der Waals surface area contributed by atoms with E-state index in [-0.39, 0.29) is 16.7 Å². The zero-order valence-corrected chi connectivity index (χ0v) is 23.1. The first-order valence-electron chi connectivity index (χ1n) is 13.0. The molecular weight excluding hydrogens is 454 g/mol. The first-order chi connectivity index (χ1) is 16.6. The second-order valence-electron chi connectivity index (χ2n) is 11.2. The molecule has 1 saturated heterocycles. The number of carboxylic acid groups (broad SMARTS) is 1. The summed E-state index contributed by atoms with van der Waals surface area (Å²) in [5.41, 5.74) is -0.219. The standard InChI is InChI=1S/C29H43NO4Si/c1-24(14-12-13-23-33-29(5)19-21-30(22-20-29)27(31)32)34-35(28(2,3)4,25-15-8-6-9-16-25)26-17-10-7-11-18-26/h6-11,15-18,24H,12-14,19-23H2,1-5H3,(H,31,32). The molecule has 0 spiro atoms. The molecule has 1 aliphatic rings. The average Bonchev–Trinajstić information content (AvgIpc) is 2.83. The van der Waals surface area contributed by atoms with Crippen LogP contribution in [0.3, 0.4) is 0 Å². The molecular formula is C29H43NO4Si. The lowest BCUT2D eigenvalue weighted by Crippen LogP contribution is -2.67. The highest BCUT2D eigenvalue weighted by molar-refractivity contribution is 6.99. The van der Waals surface area contributed by atoms with Crippen LogP contribution in [0.25, 0.3) is 0 Å². The van der Waals surface area contributed by atoms with E-state index in [1.54, 1.807) is 0 Å². The van der Waals surface area contributed by atoms with Crippen molar-refractivity contribution in [2.45, 2.75) is 83.5 Å². The fourth-order valence-electron chi connectivity index (χ4n) is 5.22. The third-order valence-corrected chi connectivity index (χ3v) is 12.5. The quantitative estimate of drug-likeness (QED) is 0.339. The van der Waals surface area contributed by atoms with E-state index >= 15 is 0 Å². The third-order valence-electron chi connectivity index (χ3n) is 7.34. The van der Waals surface area contributed by atoms with Crippen molar-refractivity contribution in [3.8, 4) is 0 Å². The summed E-state index contributed by atoms with van der Waals surface area (Å²) in [5, 5.41) is 11.8. The van der Waals surface area contributed by atoms with E-state index in [0.29, 0.717) is 19.7 Å². The van der Waals surface area contributed by atoms with Crippen molar-refractivity contribution in [3.05, 3.63) is 60.7 Å². The molecule has 2 aromatic carbocycles. The molecule has 1 amide bonds. The molecule has 192 valence electrons. The van der Waals surface area contributed by atoms with Gasteiger partial charge in [0, 0.05) is 25.8 Å². The van der Waals surface area contributed by atoms with Crippen LogP contribution < -0.4 is 10.4 Å². The summed E-state index contributed by atoms with van der Waals surface area (Å²) in [4.78, 5) is 12.6. The van der Waals surface area contributed by atoms with Gasteiger partial charge in [-0.2, -0.15) is 0 Å². The lowest BCUT2D eigenvalue weighted by atomic mass is 9.93. The highest BCUT2D eigenvalue weighted by Gasteiger charge is 2.50. The molecule has 6 heteroatoms. The normalized spacial score (nSPS) is 17.2. The van der Waals surface area contributed by atoms with Gasteiger partial charge >= 0.3 is 6.09 Å². The van der Waals surface area contributed by atoms with Crippen LogP contribution in [0.1, 0.15) is 66.7 Å². The highest BCUT2D eigenvalue weighted by Crippen LogP contribution is 2.38. The van der Waals surface area contributed by atoms with Gasteiger partial charge in [0.2, 0.25) is 0 Å². The highest BCUT2D eigenvalue weighted by atomic mass is 28.4. The maximum absolute atomic E-state index is 11.1. The topological polar surface area (TPSA) is 59.0 Å². The number of ether oxygens (including phenoxy) is 1. The summed E-state index contributed by atoms with van der Waals surface area (Å²) < 4.78 is 13.4. The van der Waals surface area contributed by atoms with Gasteiger partial charge in [-0.3, -0.25) is 0 Å². The zero-order chi connectivity index (χ0) is 25.5. The maximum atomic E-state index is 11.1. The van der Waals surface area contributed by atoms with Crippen LogP contribution in [-0.2, 0) is 9.16 Å². The van der Waals surface area contributed by atoms with E-state index in [0.717, 1.165) is 32.1 Å². The van der Waals surface area contributed by atoms with Crippen LogP contribution in [-0.4, -0.2) is 55.8 Å². The van der Waals surface area contributed by atoms with E-state index < -0.39 is 14.4 Å². The van der Waals surface area contributed by atoms with Gasteiger partial charge in [-0.25, -0.2) is 4.79 Å². The van der Waals surface area contributed by atoms with Gasteiger partial charge in [-0.1, -0.05) is 81.4 Å². The van der Waals surface area contributed by atoms with Gasteiger partial charge < -0.3 is 19.2 Å². The van der Waals surface area contributed by atoms with Crippen molar-refractivity contribution in [3.63, 3.8) is 0 Å². The predicted octanol–water partition coefficient (Wildman–Crippen LogP) is 5.67. The minimum atomic E-state index is -2.52. The number of nitrogens with zero attached hydrogens (tertiary/aromatic N) is 1. The fraction of sp³-hybridized carbons (Fsp3) is 0.552. The van der Waals surface area contributed by atoms with Gasteiger partial charge in [-0.15, -0.1) is 0 Å². The van der Waals surface area contributed by atoms with E-state index in [9.17, 15) is 4.79 Å². The van der Waals surface area contributed by atoms with Crippen molar-refractivity contribution in [2.24, 2.45) is 0 Å². The monoisotopic (exact) mass is 497 g/mol. The van der Waals surface area contributed by atoms with Crippen molar-refractivity contribution in [1.29, 1.82) is 0 Å². The Labute approximate surface area is 212 Å². The molecule has 35 heavy (non-hydrogen) atoms. The van der Waals surface area contributed by atoms with Gasteiger partial charge in [0.15, 0.2) is 0 Å². The molecule has 2 aromatic rings. The molecule has 1 N–H and O–H groups in total. The molecule has 1 unspecified atom stereocenters. The molecule has 0 aromatic heterocycles. The zero-order valence-electron chi connectivity index (χ0n) is 22.1. The van der Waals surface area contributed by atoms with E-state index in [1.165, 1.54) is 15.3 Å². The molecule has 0 bridgehead atoms. The maximum Gasteiger partial charge on any atom is 0.407 e. The second-order valence-corrected chi connectivity index (χ2v) is 15.4.